The predicted octanol–water partition coefficient (Wildman–Crippen LogP) is 1.32. The van der Waals surface area contributed by atoms with Gasteiger partial charge in [-0.1, -0.05) is 30.3 Å². The van der Waals surface area contributed by atoms with Crippen molar-refractivity contribution >= 4 is 11.8 Å². The van der Waals surface area contributed by atoms with Gasteiger partial charge in [-0.2, -0.15) is 5.10 Å². The molecule has 0 spiro atoms. The van der Waals surface area contributed by atoms with E-state index in [0.717, 1.165) is 5.56 Å². The topological polar surface area (TPSA) is 58.4 Å². The van der Waals surface area contributed by atoms with E-state index in [1.54, 1.807) is 30.1 Å². The van der Waals surface area contributed by atoms with Gasteiger partial charge in [0, 0.05) is 39.0 Å². The average Bonchev–Trinajstić information content (AvgIpc) is 3.08. The molecule has 23 heavy (non-hydrogen) atoms. The van der Waals surface area contributed by atoms with E-state index >= 15 is 0 Å². The molecule has 0 saturated carbocycles. The Kier molecular flexibility index (Phi) is 4.41. The molecule has 1 aliphatic rings. The Balaban J connectivity index is 1.75. The Labute approximate surface area is 135 Å². The first-order chi connectivity index (χ1) is 11.1. The van der Waals surface area contributed by atoms with Gasteiger partial charge in [0.15, 0.2) is 0 Å². The van der Waals surface area contributed by atoms with Crippen LogP contribution in [0, 0.1) is 0 Å². The number of nitrogens with zero attached hydrogens (tertiary/aromatic N) is 4. The Hall–Kier alpha value is -2.63. The van der Waals surface area contributed by atoms with E-state index in [1.165, 1.54) is 0 Å². The van der Waals surface area contributed by atoms with E-state index in [2.05, 4.69) is 5.10 Å². The van der Waals surface area contributed by atoms with Gasteiger partial charge in [0.25, 0.3) is 0 Å². The predicted molar refractivity (Wildman–Crippen MR) is 85.4 cm³/mol. The normalized spacial score (nSPS) is 18.0. The number of carbonyl (C=O) groups excluding carboxylic acids is 2. The molecule has 0 aliphatic carbocycles. The number of aromatic nitrogens is 2. The number of benzene rings is 1. The molecule has 2 amide bonds. The molecule has 1 fully saturated rings. The fourth-order valence-electron chi connectivity index (χ4n) is 2.98. The highest BCUT2D eigenvalue weighted by Gasteiger charge is 2.31. The zero-order valence-electron chi connectivity index (χ0n) is 13.1. The standard InChI is InChI=1S/C17H20N4O2/c1-14(22)21-11-10-19(17(23)13-20-9-5-8-18-20)12-16(21)15-6-3-2-4-7-15/h2-9,16H,10-13H2,1H3. The van der Waals surface area contributed by atoms with Crippen molar-refractivity contribution in [2.45, 2.75) is 19.5 Å². The van der Waals surface area contributed by atoms with Crippen LogP contribution in [0.2, 0.25) is 0 Å². The second-order valence-corrected chi connectivity index (χ2v) is 5.68. The largest absolute Gasteiger partial charge is 0.337 e. The van der Waals surface area contributed by atoms with Crippen molar-refractivity contribution in [2.75, 3.05) is 19.6 Å². The minimum atomic E-state index is -0.0935. The summed E-state index contributed by atoms with van der Waals surface area (Å²) in [4.78, 5) is 28.1. The van der Waals surface area contributed by atoms with Crippen molar-refractivity contribution in [3.8, 4) is 0 Å². The van der Waals surface area contributed by atoms with E-state index in [-0.39, 0.29) is 24.4 Å². The molecule has 2 heterocycles. The van der Waals surface area contributed by atoms with Crippen LogP contribution in [-0.2, 0) is 16.1 Å². The van der Waals surface area contributed by atoms with E-state index in [9.17, 15) is 9.59 Å². The van der Waals surface area contributed by atoms with Crippen LogP contribution in [0.15, 0.2) is 48.8 Å². The molecule has 120 valence electrons. The monoisotopic (exact) mass is 312 g/mol. The lowest BCUT2D eigenvalue weighted by Gasteiger charge is -2.41. The van der Waals surface area contributed by atoms with Gasteiger partial charge in [0.1, 0.15) is 6.54 Å². The van der Waals surface area contributed by atoms with Crippen LogP contribution >= 0.6 is 0 Å². The number of carbonyl (C=O) groups is 2. The summed E-state index contributed by atoms with van der Waals surface area (Å²) in [7, 11) is 0. The van der Waals surface area contributed by atoms with Crippen molar-refractivity contribution in [3.05, 3.63) is 54.4 Å². The van der Waals surface area contributed by atoms with Crippen LogP contribution in [0.5, 0.6) is 0 Å². The molecule has 6 heteroatoms. The zero-order valence-corrected chi connectivity index (χ0v) is 13.1. The average molecular weight is 312 g/mol. The van der Waals surface area contributed by atoms with E-state index in [1.807, 2.05) is 40.1 Å². The third-order valence-corrected chi connectivity index (χ3v) is 4.18. The Morgan fingerprint density at radius 3 is 2.61 bits per heavy atom. The first-order valence-corrected chi connectivity index (χ1v) is 7.72. The highest BCUT2D eigenvalue weighted by Crippen LogP contribution is 2.25. The zero-order chi connectivity index (χ0) is 16.2. The quantitative estimate of drug-likeness (QED) is 0.859. The molecular formula is C17H20N4O2. The Morgan fingerprint density at radius 1 is 1.17 bits per heavy atom. The van der Waals surface area contributed by atoms with Gasteiger partial charge >= 0.3 is 0 Å². The Morgan fingerprint density at radius 2 is 1.96 bits per heavy atom. The molecule has 0 bridgehead atoms. The summed E-state index contributed by atoms with van der Waals surface area (Å²) >= 11 is 0. The first kappa shape index (κ1) is 15.3. The van der Waals surface area contributed by atoms with Gasteiger partial charge in [-0.05, 0) is 11.6 Å². The maximum absolute atomic E-state index is 12.5. The van der Waals surface area contributed by atoms with Crippen molar-refractivity contribution in [2.24, 2.45) is 0 Å². The second kappa shape index (κ2) is 6.64. The molecule has 1 aromatic heterocycles. The summed E-state index contributed by atoms with van der Waals surface area (Å²) in [6, 6.07) is 11.6. The summed E-state index contributed by atoms with van der Waals surface area (Å²) in [5, 5.41) is 4.08. The lowest BCUT2D eigenvalue weighted by atomic mass is 10.0. The molecule has 0 radical (unpaired) electrons. The third-order valence-electron chi connectivity index (χ3n) is 4.18. The van der Waals surface area contributed by atoms with Gasteiger partial charge in [-0.25, -0.2) is 0 Å². The minimum Gasteiger partial charge on any atom is -0.337 e. The second-order valence-electron chi connectivity index (χ2n) is 5.68. The van der Waals surface area contributed by atoms with Crippen molar-refractivity contribution in [1.29, 1.82) is 0 Å². The van der Waals surface area contributed by atoms with E-state index in [4.69, 9.17) is 0 Å². The molecule has 6 nitrogen and oxygen atoms in total. The van der Waals surface area contributed by atoms with E-state index in [0.29, 0.717) is 19.6 Å². The van der Waals surface area contributed by atoms with Crippen LogP contribution in [0.1, 0.15) is 18.5 Å². The lowest BCUT2D eigenvalue weighted by molar-refractivity contribution is -0.142. The minimum absolute atomic E-state index is 0.0258. The molecule has 1 aliphatic heterocycles. The van der Waals surface area contributed by atoms with Gasteiger partial charge < -0.3 is 9.80 Å². The fraction of sp³-hybridized carbons (Fsp3) is 0.353. The number of piperazine rings is 1. The van der Waals surface area contributed by atoms with Crippen LogP contribution in [0.3, 0.4) is 0 Å². The molecule has 1 aromatic carbocycles. The van der Waals surface area contributed by atoms with Gasteiger partial charge in [-0.3, -0.25) is 14.3 Å². The first-order valence-electron chi connectivity index (χ1n) is 7.72. The summed E-state index contributed by atoms with van der Waals surface area (Å²) in [5.74, 6) is 0.0656. The van der Waals surface area contributed by atoms with Crippen molar-refractivity contribution in [3.63, 3.8) is 0 Å². The Bertz CT molecular complexity index is 669. The van der Waals surface area contributed by atoms with Crippen molar-refractivity contribution < 1.29 is 9.59 Å². The maximum Gasteiger partial charge on any atom is 0.244 e. The van der Waals surface area contributed by atoms with Crippen LogP contribution in [-0.4, -0.2) is 51.0 Å². The summed E-state index contributed by atoms with van der Waals surface area (Å²) in [6.07, 6.45) is 3.44. The van der Waals surface area contributed by atoms with E-state index < -0.39 is 0 Å². The number of rotatable bonds is 3. The van der Waals surface area contributed by atoms with Gasteiger partial charge in [0.05, 0.1) is 6.04 Å². The number of amides is 2. The smallest absolute Gasteiger partial charge is 0.244 e. The van der Waals surface area contributed by atoms with Gasteiger partial charge in [0.2, 0.25) is 11.8 Å². The molecule has 2 aromatic rings. The fourth-order valence-corrected chi connectivity index (χ4v) is 2.98. The number of hydrogen-bond donors (Lipinski definition) is 0. The molecule has 3 rings (SSSR count). The van der Waals surface area contributed by atoms with Gasteiger partial charge in [-0.15, -0.1) is 0 Å². The summed E-state index contributed by atoms with van der Waals surface area (Å²) in [5.41, 5.74) is 1.05. The molecule has 1 unspecified atom stereocenters. The molecule has 1 saturated heterocycles. The molecule has 0 N–H and O–H groups in total. The highest BCUT2D eigenvalue weighted by atomic mass is 16.2. The van der Waals surface area contributed by atoms with Crippen LogP contribution in [0.25, 0.3) is 0 Å². The SMILES string of the molecule is CC(=O)N1CCN(C(=O)Cn2cccn2)CC1c1ccccc1. The summed E-state index contributed by atoms with van der Waals surface area (Å²) < 4.78 is 1.62. The lowest BCUT2D eigenvalue weighted by Crippen LogP contribution is -2.52. The highest BCUT2D eigenvalue weighted by molar-refractivity contribution is 5.77. The van der Waals surface area contributed by atoms with Crippen molar-refractivity contribution in [1.82, 2.24) is 19.6 Å². The maximum atomic E-state index is 12.5. The molecule has 1 atom stereocenters. The number of hydrogen-bond acceptors (Lipinski definition) is 3. The van der Waals surface area contributed by atoms with Crippen LogP contribution < -0.4 is 0 Å². The van der Waals surface area contributed by atoms with Crippen LogP contribution in [0.4, 0.5) is 0 Å². The third kappa shape index (κ3) is 3.41. The summed E-state index contributed by atoms with van der Waals surface area (Å²) in [6.45, 7) is 3.44. The molecular weight excluding hydrogens is 292 g/mol.